The van der Waals surface area contributed by atoms with Crippen LogP contribution in [-0.4, -0.2) is 37.6 Å². The molecule has 38 heavy (non-hydrogen) atoms. The van der Waals surface area contributed by atoms with Crippen molar-refractivity contribution in [3.8, 4) is 0 Å². The largest absolute Gasteiger partial charge is 0.481 e. The summed E-state index contributed by atoms with van der Waals surface area (Å²) in [7, 11) is 0. The van der Waals surface area contributed by atoms with Gasteiger partial charge in [0.2, 0.25) is 5.91 Å². The number of benzene rings is 2. The van der Waals surface area contributed by atoms with Gasteiger partial charge in [-0.1, -0.05) is 28.1 Å². The Morgan fingerprint density at radius 2 is 1.87 bits per heavy atom. The van der Waals surface area contributed by atoms with Gasteiger partial charge < -0.3 is 26.2 Å². The maximum absolute atomic E-state index is 13.1. The number of hydrogen-bond donors (Lipinski definition) is 5. The average molecular weight is 610 g/mol. The number of anilines is 1. The number of carbonyl (C=O) groups excluding carboxylic acids is 1. The molecular formula is C25H26BrClN4O7. The second kappa shape index (κ2) is 11.9. The highest BCUT2D eigenvalue weighted by atomic mass is 79.9. The Morgan fingerprint density at radius 3 is 2.53 bits per heavy atom. The highest BCUT2D eigenvalue weighted by Crippen LogP contribution is 2.32. The number of amides is 1. The fraction of sp³-hybridized carbons (Fsp3) is 0.320. The van der Waals surface area contributed by atoms with Gasteiger partial charge in [0.05, 0.1) is 11.0 Å². The van der Waals surface area contributed by atoms with E-state index in [2.05, 4.69) is 26.2 Å². The average Bonchev–Trinajstić information content (AvgIpc) is 2.83. The predicted molar refractivity (Wildman–Crippen MR) is 146 cm³/mol. The maximum Gasteiger partial charge on any atom is 0.317 e. The number of aromatic nitrogens is 2. The SMILES string of the molecule is Cl.NCc1ccc(NC(=O)C[C@@H]2CCc3cc(Br)cc4[nH]c(=O)c(=O)n2c34)c(CCC(C(=O)O)C(=O)O)c1. The smallest absolute Gasteiger partial charge is 0.317 e. The van der Waals surface area contributed by atoms with Gasteiger partial charge in [-0.2, -0.15) is 0 Å². The van der Waals surface area contributed by atoms with Gasteiger partial charge in [0, 0.05) is 29.2 Å². The molecule has 4 rings (SSSR count). The lowest BCUT2D eigenvalue weighted by Gasteiger charge is -2.27. The van der Waals surface area contributed by atoms with Crippen LogP contribution in [0.3, 0.4) is 0 Å². The van der Waals surface area contributed by atoms with Gasteiger partial charge in [-0.05, 0) is 60.6 Å². The fourth-order valence-electron chi connectivity index (χ4n) is 4.78. The van der Waals surface area contributed by atoms with Crippen LogP contribution >= 0.6 is 28.3 Å². The van der Waals surface area contributed by atoms with E-state index in [1.165, 1.54) is 4.57 Å². The van der Waals surface area contributed by atoms with Crippen molar-refractivity contribution in [3.63, 3.8) is 0 Å². The number of aromatic amines is 1. The zero-order valence-corrected chi connectivity index (χ0v) is 22.4. The topological polar surface area (TPSA) is 185 Å². The molecule has 13 heteroatoms. The molecule has 0 fully saturated rings. The summed E-state index contributed by atoms with van der Waals surface area (Å²) in [5.74, 6) is -4.86. The molecule has 202 valence electrons. The van der Waals surface area contributed by atoms with E-state index in [1.54, 1.807) is 24.3 Å². The van der Waals surface area contributed by atoms with Crippen LogP contribution in [0.4, 0.5) is 5.69 Å². The van der Waals surface area contributed by atoms with Crippen molar-refractivity contribution in [1.29, 1.82) is 0 Å². The molecule has 0 unspecified atom stereocenters. The highest BCUT2D eigenvalue weighted by molar-refractivity contribution is 9.10. The summed E-state index contributed by atoms with van der Waals surface area (Å²) < 4.78 is 2.16. The zero-order chi connectivity index (χ0) is 26.9. The number of H-pyrrole nitrogens is 1. The monoisotopic (exact) mass is 608 g/mol. The van der Waals surface area contributed by atoms with Gasteiger partial charge in [-0.15, -0.1) is 12.4 Å². The molecule has 0 saturated heterocycles. The molecule has 1 aliphatic rings. The van der Waals surface area contributed by atoms with Crippen LogP contribution in [0.5, 0.6) is 0 Å². The number of carbonyl (C=O) groups is 3. The Bertz CT molecular complexity index is 1520. The number of hydrogen-bond acceptors (Lipinski definition) is 6. The summed E-state index contributed by atoms with van der Waals surface area (Å²) >= 11 is 3.42. The second-order valence-electron chi connectivity index (χ2n) is 9.00. The first-order valence-electron chi connectivity index (χ1n) is 11.6. The quantitative estimate of drug-likeness (QED) is 0.181. The lowest BCUT2D eigenvalue weighted by molar-refractivity contribution is -0.154. The molecule has 2 heterocycles. The first kappa shape index (κ1) is 29.1. The lowest BCUT2D eigenvalue weighted by Crippen LogP contribution is -2.41. The van der Waals surface area contributed by atoms with Crippen LogP contribution in [0, 0.1) is 5.92 Å². The third-order valence-corrected chi connectivity index (χ3v) is 7.02. The zero-order valence-electron chi connectivity index (χ0n) is 20.0. The van der Waals surface area contributed by atoms with Crippen LogP contribution in [0.2, 0.25) is 0 Å². The molecule has 0 bridgehead atoms. The summed E-state index contributed by atoms with van der Waals surface area (Å²) in [5.41, 5.74) is 7.91. The summed E-state index contributed by atoms with van der Waals surface area (Å²) in [6, 6.07) is 8.11. The highest BCUT2D eigenvalue weighted by Gasteiger charge is 2.28. The molecule has 1 aromatic heterocycles. The van der Waals surface area contributed by atoms with Crippen molar-refractivity contribution in [2.45, 2.75) is 44.7 Å². The van der Waals surface area contributed by atoms with Gasteiger partial charge >= 0.3 is 23.1 Å². The summed E-state index contributed by atoms with van der Waals surface area (Å²) in [6.07, 6.45) is 0.941. The van der Waals surface area contributed by atoms with Crippen LogP contribution in [0.15, 0.2) is 44.4 Å². The number of nitrogens with two attached hydrogens (primary N) is 1. The van der Waals surface area contributed by atoms with Crippen molar-refractivity contribution < 1.29 is 24.6 Å². The molecule has 1 aliphatic heterocycles. The number of aliphatic carboxylic acids is 2. The molecule has 1 atom stereocenters. The summed E-state index contributed by atoms with van der Waals surface area (Å²) in [4.78, 5) is 63.4. The van der Waals surface area contributed by atoms with E-state index >= 15 is 0 Å². The number of nitrogens with zero attached hydrogens (tertiary/aromatic N) is 1. The first-order valence-corrected chi connectivity index (χ1v) is 12.4. The number of nitrogens with one attached hydrogen (secondary N) is 2. The van der Waals surface area contributed by atoms with Crippen molar-refractivity contribution in [1.82, 2.24) is 9.55 Å². The molecule has 2 aromatic carbocycles. The Balaban J connectivity index is 0.00000400. The molecule has 6 N–H and O–H groups in total. The third kappa shape index (κ3) is 5.98. The summed E-state index contributed by atoms with van der Waals surface area (Å²) in [6.45, 7) is 0.210. The van der Waals surface area contributed by atoms with Crippen molar-refractivity contribution in [2.24, 2.45) is 11.7 Å². The van der Waals surface area contributed by atoms with E-state index in [4.69, 9.17) is 5.73 Å². The number of rotatable bonds is 9. The number of carboxylic acids is 2. The molecular weight excluding hydrogens is 584 g/mol. The van der Waals surface area contributed by atoms with Gasteiger partial charge in [0.1, 0.15) is 0 Å². The van der Waals surface area contributed by atoms with E-state index in [9.17, 15) is 34.2 Å². The Labute approximate surface area is 230 Å². The van der Waals surface area contributed by atoms with Crippen LogP contribution in [-0.2, 0) is 33.8 Å². The molecule has 3 aromatic rings. The number of aryl methyl sites for hydroxylation is 2. The molecule has 0 spiro atoms. The summed E-state index contributed by atoms with van der Waals surface area (Å²) in [5, 5.41) is 21.2. The van der Waals surface area contributed by atoms with Gasteiger partial charge in [-0.25, -0.2) is 0 Å². The second-order valence-corrected chi connectivity index (χ2v) is 9.91. The van der Waals surface area contributed by atoms with Gasteiger partial charge in [0.25, 0.3) is 0 Å². The molecule has 11 nitrogen and oxygen atoms in total. The third-order valence-electron chi connectivity index (χ3n) is 6.57. The Kier molecular flexibility index (Phi) is 9.13. The van der Waals surface area contributed by atoms with Crippen molar-refractivity contribution >= 4 is 62.9 Å². The molecule has 0 aliphatic carbocycles. The van der Waals surface area contributed by atoms with Crippen LogP contribution in [0.1, 0.15) is 42.0 Å². The van der Waals surface area contributed by atoms with Crippen molar-refractivity contribution in [2.75, 3.05) is 5.32 Å². The number of halogens is 2. The Hall–Kier alpha value is -3.48. The fourth-order valence-corrected chi connectivity index (χ4v) is 5.28. The minimum Gasteiger partial charge on any atom is -0.481 e. The normalized spacial score (nSPS) is 14.2. The number of carboxylic acid groups (broad SMARTS) is 2. The predicted octanol–water partition coefficient (Wildman–Crippen LogP) is 2.57. The van der Waals surface area contributed by atoms with Crippen LogP contribution in [0.25, 0.3) is 11.0 Å². The molecule has 0 radical (unpaired) electrons. The van der Waals surface area contributed by atoms with E-state index in [0.717, 1.165) is 15.6 Å². The van der Waals surface area contributed by atoms with E-state index in [-0.39, 0.29) is 38.2 Å². The van der Waals surface area contributed by atoms with E-state index < -0.39 is 40.9 Å². The minimum atomic E-state index is -1.59. The van der Waals surface area contributed by atoms with Gasteiger partial charge in [0.15, 0.2) is 5.92 Å². The Morgan fingerprint density at radius 1 is 1.16 bits per heavy atom. The van der Waals surface area contributed by atoms with Crippen LogP contribution < -0.4 is 22.2 Å². The first-order chi connectivity index (χ1) is 17.6. The minimum absolute atomic E-state index is 0. The lowest BCUT2D eigenvalue weighted by atomic mass is 9.95. The maximum atomic E-state index is 13.1. The van der Waals surface area contributed by atoms with Gasteiger partial charge in [-0.3, -0.25) is 28.5 Å². The molecule has 0 saturated carbocycles. The standard InChI is InChI=1S/C25H25BrN4O7.ClH/c26-15-8-14-2-4-16(30-21(14)19(9-15)29-22(32)23(30)33)10-20(31)28-18-6-1-12(11-27)7-13(18)3-5-17(24(34)35)25(36)37;/h1,6-9,16-17H,2-5,10-11,27H2,(H,28,31)(H,29,32)(H,34,35)(H,36,37);1H/t16-;/m0./s1. The van der Waals surface area contributed by atoms with E-state index in [1.807, 2.05) is 6.07 Å². The van der Waals surface area contributed by atoms with Crippen molar-refractivity contribution in [3.05, 3.63) is 72.2 Å². The van der Waals surface area contributed by atoms with E-state index in [0.29, 0.717) is 35.1 Å². The molecule has 1 amide bonds.